The summed E-state index contributed by atoms with van der Waals surface area (Å²) >= 11 is 0. The van der Waals surface area contributed by atoms with Crippen molar-refractivity contribution in [3.63, 3.8) is 0 Å². The first kappa shape index (κ1) is 17.5. The van der Waals surface area contributed by atoms with Crippen LogP contribution in [-0.4, -0.2) is 40.3 Å². The number of nitrogens with one attached hydrogen (secondary N) is 1. The lowest BCUT2D eigenvalue weighted by atomic mass is 10.00. The van der Waals surface area contributed by atoms with E-state index in [-0.39, 0.29) is 0 Å². The van der Waals surface area contributed by atoms with Gasteiger partial charge in [-0.2, -0.15) is 5.10 Å². The van der Waals surface area contributed by atoms with Crippen LogP contribution in [0.5, 0.6) is 0 Å². The van der Waals surface area contributed by atoms with E-state index in [9.17, 15) is 0 Å². The molecule has 1 aromatic heterocycles. The highest BCUT2D eigenvalue weighted by atomic mass is 15.3. The number of rotatable bonds is 5. The Balaban J connectivity index is 1.65. The maximum Gasteiger partial charge on any atom is 0.194 e. The molecule has 1 aliphatic heterocycles. The van der Waals surface area contributed by atoms with Gasteiger partial charge in [0.15, 0.2) is 5.96 Å². The van der Waals surface area contributed by atoms with Gasteiger partial charge in [-0.1, -0.05) is 31.2 Å². The Kier molecular flexibility index (Phi) is 6.09. The van der Waals surface area contributed by atoms with Crippen molar-refractivity contribution in [1.82, 2.24) is 20.0 Å². The molecular formula is C20H29N5. The first-order valence-electron chi connectivity index (χ1n) is 9.33. The smallest absolute Gasteiger partial charge is 0.194 e. The summed E-state index contributed by atoms with van der Waals surface area (Å²) in [6.07, 6.45) is 6.31. The zero-order valence-electron chi connectivity index (χ0n) is 15.4. The predicted molar refractivity (Wildman–Crippen MR) is 103 cm³/mol. The van der Waals surface area contributed by atoms with Crippen LogP contribution in [0.2, 0.25) is 0 Å². The Morgan fingerprint density at radius 3 is 2.76 bits per heavy atom. The minimum Gasteiger partial charge on any atom is -0.357 e. The minimum absolute atomic E-state index is 0.710. The van der Waals surface area contributed by atoms with E-state index in [1.54, 1.807) is 0 Å². The molecule has 134 valence electrons. The summed E-state index contributed by atoms with van der Waals surface area (Å²) in [4.78, 5) is 7.28. The lowest BCUT2D eigenvalue weighted by Crippen LogP contribution is -2.45. The zero-order valence-corrected chi connectivity index (χ0v) is 15.4. The second-order valence-corrected chi connectivity index (χ2v) is 6.86. The number of aromatic nitrogens is 2. The van der Waals surface area contributed by atoms with Crippen LogP contribution in [-0.2, 0) is 13.1 Å². The second kappa shape index (κ2) is 8.70. The van der Waals surface area contributed by atoms with Crippen LogP contribution in [0.15, 0.2) is 47.7 Å². The molecule has 1 saturated heterocycles. The molecular weight excluding hydrogens is 310 g/mol. The lowest BCUT2D eigenvalue weighted by molar-refractivity contribution is 0.273. The summed E-state index contributed by atoms with van der Waals surface area (Å²) in [6, 6.07) is 10.6. The third-order valence-electron chi connectivity index (χ3n) is 4.72. The van der Waals surface area contributed by atoms with E-state index in [0.717, 1.165) is 38.1 Å². The molecule has 1 N–H and O–H groups in total. The van der Waals surface area contributed by atoms with Crippen molar-refractivity contribution in [2.45, 2.75) is 39.8 Å². The summed E-state index contributed by atoms with van der Waals surface area (Å²) in [5.41, 5.74) is 2.50. The summed E-state index contributed by atoms with van der Waals surface area (Å²) in [5, 5.41) is 7.73. The lowest BCUT2D eigenvalue weighted by Gasteiger charge is -2.33. The Morgan fingerprint density at radius 2 is 2.04 bits per heavy atom. The zero-order chi connectivity index (χ0) is 17.5. The topological polar surface area (TPSA) is 45.5 Å². The fraction of sp³-hybridized carbons (Fsp3) is 0.500. The molecule has 1 aliphatic rings. The van der Waals surface area contributed by atoms with E-state index in [4.69, 9.17) is 4.99 Å². The Morgan fingerprint density at radius 1 is 1.24 bits per heavy atom. The Bertz CT molecular complexity index is 669. The molecule has 2 aromatic rings. The Labute approximate surface area is 150 Å². The van der Waals surface area contributed by atoms with E-state index >= 15 is 0 Å². The number of hydrogen-bond donors (Lipinski definition) is 1. The molecule has 25 heavy (non-hydrogen) atoms. The van der Waals surface area contributed by atoms with Crippen LogP contribution in [0.4, 0.5) is 0 Å². The van der Waals surface area contributed by atoms with Crippen LogP contribution >= 0.6 is 0 Å². The van der Waals surface area contributed by atoms with Crippen LogP contribution in [0.1, 0.15) is 37.8 Å². The highest BCUT2D eigenvalue weighted by Crippen LogP contribution is 2.16. The molecule has 0 atom stereocenters. The molecule has 5 heteroatoms. The first-order chi connectivity index (χ1) is 12.2. The fourth-order valence-corrected chi connectivity index (χ4v) is 3.22. The van der Waals surface area contributed by atoms with Gasteiger partial charge < -0.3 is 10.2 Å². The van der Waals surface area contributed by atoms with E-state index in [0.29, 0.717) is 6.54 Å². The van der Waals surface area contributed by atoms with Gasteiger partial charge in [0.25, 0.3) is 0 Å². The third-order valence-corrected chi connectivity index (χ3v) is 4.72. The molecule has 0 radical (unpaired) electrons. The van der Waals surface area contributed by atoms with Crippen LogP contribution in [0, 0.1) is 5.92 Å². The van der Waals surface area contributed by atoms with Crippen molar-refractivity contribution in [2.24, 2.45) is 10.9 Å². The Hall–Kier alpha value is -2.30. The molecule has 1 aromatic carbocycles. The summed E-state index contributed by atoms with van der Waals surface area (Å²) in [7, 11) is 0. The minimum atomic E-state index is 0.710. The van der Waals surface area contributed by atoms with E-state index in [1.165, 1.54) is 24.0 Å². The number of likely N-dealkylation sites (tertiary alicyclic amines) is 1. The van der Waals surface area contributed by atoms with E-state index < -0.39 is 0 Å². The van der Waals surface area contributed by atoms with Crippen LogP contribution in [0.3, 0.4) is 0 Å². The molecule has 0 unspecified atom stereocenters. The van der Waals surface area contributed by atoms with Gasteiger partial charge in [0.05, 0.1) is 13.1 Å². The highest BCUT2D eigenvalue weighted by molar-refractivity contribution is 5.80. The summed E-state index contributed by atoms with van der Waals surface area (Å²) in [6.45, 7) is 9.10. The third kappa shape index (κ3) is 5.08. The number of piperidine rings is 1. The molecule has 5 nitrogen and oxygen atoms in total. The number of benzene rings is 1. The van der Waals surface area contributed by atoms with Crippen molar-refractivity contribution < 1.29 is 0 Å². The van der Waals surface area contributed by atoms with Gasteiger partial charge in [0.1, 0.15) is 0 Å². The van der Waals surface area contributed by atoms with Crippen molar-refractivity contribution in [1.29, 1.82) is 0 Å². The van der Waals surface area contributed by atoms with Gasteiger partial charge >= 0.3 is 0 Å². The predicted octanol–water partition coefficient (Wildman–Crippen LogP) is 3.13. The first-order valence-corrected chi connectivity index (χ1v) is 9.33. The van der Waals surface area contributed by atoms with Crippen molar-refractivity contribution in [2.75, 3.05) is 19.6 Å². The van der Waals surface area contributed by atoms with Gasteiger partial charge in [-0.3, -0.25) is 4.68 Å². The summed E-state index contributed by atoms with van der Waals surface area (Å²) < 4.78 is 1.95. The van der Waals surface area contributed by atoms with E-state index in [2.05, 4.69) is 53.4 Å². The quantitative estimate of drug-likeness (QED) is 0.672. The van der Waals surface area contributed by atoms with Crippen molar-refractivity contribution >= 4 is 5.96 Å². The summed E-state index contributed by atoms with van der Waals surface area (Å²) in [5.74, 6) is 1.88. The maximum atomic E-state index is 4.88. The van der Waals surface area contributed by atoms with Gasteiger partial charge in [-0.25, -0.2) is 4.99 Å². The van der Waals surface area contributed by atoms with Gasteiger partial charge in [0.2, 0.25) is 0 Å². The maximum absolute atomic E-state index is 4.88. The van der Waals surface area contributed by atoms with Crippen molar-refractivity contribution in [3.05, 3.63) is 53.9 Å². The largest absolute Gasteiger partial charge is 0.357 e. The number of nitrogens with zero attached hydrogens (tertiary/aromatic N) is 4. The van der Waals surface area contributed by atoms with Gasteiger partial charge in [0, 0.05) is 32.0 Å². The van der Waals surface area contributed by atoms with Crippen LogP contribution < -0.4 is 5.32 Å². The molecule has 2 heterocycles. The number of hydrogen-bond acceptors (Lipinski definition) is 2. The standard InChI is InChI=1S/C20H29N5/c1-3-21-20(24-12-8-17(2)9-13-24)22-15-18-6-4-7-19(14-18)16-25-11-5-10-23-25/h4-7,10-11,14,17H,3,8-9,12-13,15-16H2,1-2H3,(H,21,22). The monoisotopic (exact) mass is 339 g/mol. The molecule has 0 amide bonds. The number of guanidine groups is 1. The van der Waals surface area contributed by atoms with Gasteiger partial charge in [-0.15, -0.1) is 0 Å². The normalized spacial score (nSPS) is 16.2. The van der Waals surface area contributed by atoms with Gasteiger partial charge in [-0.05, 0) is 42.9 Å². The molecule has 0 bridgehead atoms. The molecule has 3 rings (SSSR count). The second-order valence-electron chi connectivity index (χ2n) is 6.86. The average Bonchev–Trinajstić information content (AvgIpc) is 3.13. The van der Waals surface area contributed by atoms with Crippen LogP contribution in [0.25, 0.3) is 0 Å². The molecule has 1 fully saturated rings. The number of aliphatic imine (C=N–C) groups is 1. The van der Waals surface area contributed by atoms with Crippen molar-refractivity contribution in [3.8, 4) is 0 Å². The highest BCUT2D eigenvalue weighted by Gasteiger charge is 2.18. The molecule has 0 spiro atoms. The van der Waals surface area contributed by atoms with E-state index in [1.807, 2.05) is 23.1 Å². The molecule has 0 aliphatic carbocycles. The SMILES string of the molecule is CCNC(=NCc1cccc(Cn2cccn2)c1)N1CCC(C)CC1. The average molecular weight is 339 g/mol. The molecule has 0 saturated carbocycles. The fourth-order valence-electron chi connectivity index (χ4n) is 3.22.